The van der Waals surface area contributed by atoms with Gasteiger partial charge in [0, 0.05) is 18.2 Å². The molecule has 3 N–H and O–H groups in total. The maximum atomic E-state index is 11.0. The lowest BCUT2D eigenvalue weighted by Gasteiger charge is -2.14. The van der Waals surface area contributed by atoms with Crippen molar-refractivity contribution in [3.63, 3.8) is 0 Å². The molecule has 1 aromatic carbocycles. The molecule has 0 fully saturated rings. The van der Waals surface area contributed by atoms with Gasteiger partial charge in [-0.05, 0) is 37.0 Å². The van der Waals surface area contributed by atoms with Crippen LogP contribution < -0.4 is 11.1 Å². The van der Waals surface area contributed by atoms with Crippen LogP contribution >= 0.6 is 0 Å². The Morgan fingerprint density at radius 3 is 2.32 bits per heavy atom. The molecule has 3 heteroatoms. The summed E-state index contributed by atoms with van der Waals surface area (Å²) in [5.74, 6) is 0.412. The van der Waals surface area contributed by atoms with E-state index in [1.54, 1.807) is 12.1 Å². The number of nitrogens with one attached hydrogen (secondary N) is 1. The minimum absolute atomic E-state index is 0.374. The number of amides is 1. The molecule has 1 atom stereocenters. The summed E-state index contributed by atoms with van der Waals surface area (Å²) in [7, 11) is 0. The Morgan fingerprint density at radius 1 is 1.16 bits per heavy atom. The fraction of sp³-hybridized carbons (Fsp3) is 0.562. The standard InChI is InChI=1S/C16H26N2O/c1-12(2)5-4-6-13(3)18-11-14-7-9-15(10-8-14)16(17)19/h7-10,12-13,18H,4-6,11H2,1-3H3,(H2,17,19). The largest absolute Gasteiger partial charge is 0.366 e. The Morgan fingerprint density at radius 2 is 1.79 bits per heavy atom. The van der Waals surface area contributed by atoms with Crippen molar-refractivity contribution in [2.45, 2.75) is 52.6 Å². The summed E-state index contributed by atoms with van der Waals surface area (Å²) in [4.78, 5) is 11.0. The monoisotopic (exact) mass is 262 g/mol. The Labute approximate surface area is 116 Å². The molecule has 0 heterocycles. The van der Waals surface area contributed by atoms with Crippen LogP contribution in [0.5, 0.6) is 0 Å². The van der Waals surface area contributed by atoms with Crippen LogP contribution in [0.25, 0.3) is 0 Å². The fourth-order valence-corrected chi connectivity index (χ4v) is 2.01. The molecular formula is C16H26N2O. The van der Waals surface area contributed by atoms with Crippen molar-refractivity contribution < 1.29 is 4.79 Å². The fourth-order valence-electron chi connectivity index (χ4n) is 2.01. The summed E-state index contributed by atoms with van der Waals surface area (Å²) >= 11 is 0. The van der Waals surface area contributed by atoms with E-state index in [2.05, 4.69) is 26.1 Å². The number of primary amides is 1. The quantitative estimate of drug-likeness (QED) is 0.756. The normalized spacial score (nSPS) is 12.6. The van der Waals surface area contributed by atoms with E-state index >= 15 is 0 Å². The molecule has 0 saturated carbocycles. The third-order valence-corrected chi connectivity index (χ3v) is 3.31. The van der Waals surface area contributed by atoms with Gasteiger partial charge in [0.2, 0.25) is 5.91 Å². The maximum Gasteiger partial charge on any atom is 0.248 e. The lowest BCUT2D eigenvalue weighted by molar-refractivity contribution is 0.100. The van der Waals surface area contributed by atoms with Crippen LogP contribution in [0.4, 0.5) is 0 Å². The molecule has 0 radical (unpaired) electrons. The number of nitrogens with two attached hydrogens (primary N) is 1. The zero-order chi connectivity index (χ0) is 14.3. The van der Waals surface area contributed by atoms with E-state index in [0.29, 0.717) is 11.6 Å². The predicted molar refractivity (Wildman–Crippen MR) is 80.0 cm³/mol. The second kappa shape index (κ2) is 7.95. The highest BCUT2D eigenvalue weighted by Gasteiger charge is 2.04. The molecule has 3 nitrogen and oxygen atoms in total. The molecular weight excluding hydrogens is 236 g/mol. The van der Waals surface area contributed by atoms with Gasteiger partial charge in [0.15, 0.2) is 0 Å². The Kier molecular flexibility index (Phi) is 6.57. The first-order chi connectivity index (χ1) is 8.99. The minimum Gasteiger partial charge on any atom is -0.366 e. The van der Waals surface area contributed by atoms with Crippen LogP contribution in [0, 0.1) is 5.92 Å². The molecule has 0 saturated heterocycles. The van der Waals surface area contributed by atoms with E-state index in [4.69, 9.17) is 5.73 Å². The van der Waals surface area contributed by atoms with Gasteiger partial charge in [-0.15, -0.1) is 0 Å². The van der Waals surface area contributed by atoms with E-state index in [0.717, 1.165) is 12.5 Å². The van der Waals surface area contributed by atoms with E-state index in [9.17, 15) is 4.79 Å². The van der Waals surface area contributed by atoms with Crippen molar-refractivity contribution >= 4 is 5.91 Å². The molecule has 106 valence electrons. The smallest absolute Gasteiger partial charge is 0.248 e. The van der Waals surface area contributed by atoms with Gasteiger partial charge in [-0.3, -0.25) is 4.79 Å². The number of carbonyl (C=O) groups excluding carboxylic acids is 1. The van der Waals surface area contributed by atoms with Gasteiger partial charge in [0.1, 0.15) is 0 Å². The van der Waals surface area contributed by atoms with E-state index in [1.807, 2.05) is 12.1 Å². The number of hydrogen-bond acceptors (Lipinski definition) is 2. The number of hydrogen-bond donors (Lipinski definition) is 2. The molecule has 0 aliphatic carbocycles. The zero-order valence-corrected chi connectivity index (χ0v) is 12.3. The van der Waals surface area contributed by atoms with Crippen molar-refractivity contribution in [1.82, 2.24) is 5.32 Å². The molecule has 1 amide bonds. The lowest BCUT2D eigenvalue weighted by Crippen LogP contribution is -2.25. The average molecular weight is 262 g/mol. The third kappa shape index (κ3) is 6.39. The summed E-state index contributed by atoms with van der Waals surface area (Å²) in [6.45, 7) is 7.58. The van der Waals surface area contributed by atoms with Crippen LogP contribution in [-0.2, 0) is 6.54 Å². The second-order valence-corrected chi connectivity index (χ2v) is 5.67. The van der Waals surface area contributed by atoms with Crippen molar-refractivity contribution in [1.29, 1.82) is 0 Å². The highest BCUT2D eigenvalue weighted by Crippen LogP contribution is 2.09. The third-order valence-electron chi connectivity index (χ3n) is 3.31. The molecule has 1 aromatic rings. The van der Waals surface area contributed by atoms with Crippen LogP contribution in [0.3, 0.4) is 0 Å². The Bertz CT molecular complexity index is 384. The topological polar surface area (TPSA) is 55.1 Å². The molecule has 1 unspecified atom stereocenters. The molecule has 0 aliphatic heterocycles. The molecule has 0 bridgehead atoms. The summed E-state index contributed by atoms with van der Waals surface area (Å²) in [6, 6.07) is 7.99. The first kappa shape index (κ1) is 15.7. The predicted octanol–water partition coefficient (Wildman–Crippen LogP) is 3.09. The Hall–Kier alpha value is -1.35. The van der Waals surface area contributed by atoms with Gasteiger partial charge in [-0.2, -0.15) is 0 Å². The molecule has 0 aliphatic rings. The van der Waals surface area contributed by atoms with Gasteiger partial charge in [-0.1, -0.05) is 38.8 Å². The number of benzene rings is 1. The van der Waals surface area contributed by atoms with E-state index in [1.165, 1.54) is 24.8 Å². The summed E-state index contributed by atoms with van der Waals surface area (Å²) < 4.78 is 0. The highest BCUT2D eigenvalue weighted by atomic mass is 16.1. The summed E-state index contributed by atoms with van der Waals surface area (Å²) in [5.41, 5.74) is 6.96. The van der Waals surface area contributed by atoms with Crippen molar-refractivity contribution in [2.24, 2.45) is 11.7 Å². The average Bonchev–Trinajstić information content (AvgIpc) is 2.36. The van der Waals surface area contributed by atoms with Crippen LogP contribution in [0.15, 0.2) is 24.3 Å². The summed E-state index contributed by atoms with van der Waals surface area (Å²) in [6.07, 6.45) is 3.77. The molecule has 0 aromatic heterocycles. The van der Waals surface area contributed by atoms with Gasteiger partial charge < -0.3 is 11.1 Å². The lowest BCUT2D eigenvalue weighted by atomic mass is 10.0. The maximum absolute atomic E-state index is 11.0. The SMILES string of the molecule is CC(C)CCCC(C)NCc1ccc(C(N)=O)cc1. The van der Waals surface area contributed by atoms with Crippen molar-refractivity contribution in [2.75, 3.05) is 0 Å². The van der Waals surface area contributed by atoms with Gasteiger partial charge in [0.05, 0.1) is 0 Å². The van der Waals surface area contributed by atoms with Gasteiger partial charge in [0.25, 0.3) is 0 Å². The van der Waals surface area contributed by atoms with E-state index < -0.39 is 0 Å². The Balaban J connectivity index is 2.29. The van der Waals surface area contributed by atoms with Gasteiger partial charge in [-0.25, -0.2) is 0 Å². The number of rotatable bonds is 8. The van der Waals surface area contributed by atoms with E-state index in [-0.39, 0.29) is 5.91 Å². The van der Waals surface area contributed by atoms with Crippen LogP contribution in [-0.4, -0.2) is 11.9 Å². The molecule has 1 rings (SSSR count). The van der Waals surface area contributed by atoms with Crippen LogP contribution in [0.2, 0.25) is 0 Å². The van der Waals surface area contributed by atoms with Crippen LogP contribution in [0.1, 0.15) is 56.0 Å². The second-order valence-electron chi connectivity index (χ2n) is 5.67. The molecule has 19 heavy (non-hydrogen) atoms. The first-order valence-corrected chi connectivity index (χ1v) is 7.11. The van der Waals surface area contributed by atoms with Crippen molar-refractivity contribution in [3.8, 4) is 0 Å². The number of carbonyl (C=O) groups is 1. The molecule has 0 spiro atoms. The van der Waals surface area contributed by atoms with Crippen molar-refractivity contribution in [3.05, 3.63) is 35.4 Å². The summed E-state index contributed by atoms with van der Waals surface area (Å²) in [5, 5.41) is 3.51. The zero-order valence-electron chi connectivity index (χ0n) is 12.3. The highest BCUT2D eigenvalue weighted by molar-refractivity contribution is 5.92. The minimum atomic E-state index is -0.374. The first-order valence-electron chi connectivity index (χ1n) is 7.11. The van der Waals surface area contributed by atoms with Gasteiger partial charge >= 0.3 is 0 Å².